The Labute approximate surface area is 245 Å². The fourth-order valence-electron chi connectivity index (χ4n) is 5.82. The maximum absolute atomic E-state index is 13.6. The van der Waals surface area contributed by atoms with Gasteiger partial charge in [-0.3, -0.25) is 14.4 Å². The van der Waals surface area contributed by atoms with Crippen LogP contribution in [0, 0.1) is 5.92 Å². The number of ether oxygens (including phenoxy) is 1. The van der Waals surface area contributed by atoms with Crippen molar-refractivity contribution in [3.05, 3.63) is 45.8 Å². The molecule has 0 spiro atoms. The number of fused-ring (bicyclic) bond motifs is 1. The van der Waals surface area contributed by atoms with Gasteiger partial charge in [-0.2, -0.15) is 4.31 Å². The lowest BCUT2D eigenvalue weighted by molar-refractivity contribution is -0.149. The van der Waals surface area contributed by atoms with Crippen LogP contribution in [0.1, 0.15) is 70.2 Å². The molecule has 1 N–H and O–H groups in total. The molecule has 1 unspecified atom stereocenters. The molecule has 3 aliphatic heterocycles. The number of nitrogens with one attached hydrogen (secondary N) is 1. The number of amides is 2. The summed E-state index contributed by atoms with van der Waals surface area (Å²) >= 11 is 1.45. The van der Waals surface area contributed by atoms with E-state index >= 15 is 0 Å². The Morgan fingerprint density at radius 3 is 2.46 bits per heavy atom. The molecule has 5 rings (SSSR count). The summed E-state index contributed by atoms with van der Waals surface area (Å²) in [7, 11) is -1.80. The van der Waals surface area contributed by atoms with E-state index in [1.807, 2.05) is 11.9 Å². The van der Waals surface area contributed by atoms with Gasteiger partial charge in [0.15, 0.2) is 0 Å². The Morgan fingerprint density at radius 2 is 1.76 bits per heavy atom. The highest BCUT2D eigenvalue weighted by Crippen LogP contribution is 2.38. The maximum Gasteiger partial charge on any atom is 0.310 e. The molecule has 222 valence electrons. The minimum atomic E-state index is -3.84. The monoisotopic (exact) mass is 602 g/mol. The number of hydrogen-bond acceptors (Lipinski definition) is 8. The van der Waals surface area contributed by atoms with Gasteiger partial charge < -0.3 is 19.9 Å². The lowest BCUT2D eigenvalue weighted by Gasteiger charge is -2.30. The molecule has 2 fully saturated rings. The van der Waals surface area contributed by atoms with E-state index < -0.39 is 21.8 Å². The second kappa shape index (κ2) is 12.6. The first-order valence-electron chi connectivity index (χ1n) is 14.4. The topological polar surface area (TPSA) is 116 Å². The zero-order valence-electron chi connectivity index (χ0n) is 23.7. The number of benzene rings is 1. The Morgan fingerprint density at radius 1 is 1.02 bits per heavy atom. The summed E-state index contributed by atoms with van der Waals surface area (Å²) in [6, 6.07) is 5.82. The molecule has 0 aliphatic carbocycles. The number of rotatable bonds is 7. The average molecular weight is 603 g/mol. The number of nitrogens with zero attached hydrogens (tertiary/aromatic N) is 3. The molecule has 0 saturated carbocycles. The summed E-state index contributed by atoms with van der Waals surface area (Å²) < 4.78 is 33.1. The summed E-state index contributed by atoms with van der Waals surface area (Å²) in [5.74, 6) is -1.28. The number of piperidine rings is 2. The maximum atomic E-state index is 13.6. The minimum absolute atomic E-state index is 0.0221. The number of hydrogen-bond donors (Lipinski definition) is 1. The molecule has 2 saturated heterocycles. The van der Waals surface area contributed by atoms with Gasteiger partial charge in [0.25, 0.3) is 11.8 Å². The summed E-state index contributed by atoms with van der Waals surface area (Å²) in [6.07, 6.45) is 5.01. The molecule has 0 bridgehead atoms. The van der Waals surface area contributed by atoms with Crippen LogP contribution < -0.4 is 5.32 Å². The molecule has 2 amide bonds. The third-order valence-corrected chi connectivity index (χ3v) is 11.1. The van der Waals surface area contributed by atoms with Crippen molar-refractivity contribution in [2.75, 3.05) is 51.7 Å². The quantitative estimate of drug-likeness (QED) is 0.482. The summed E-state index contributed by atoms with van der Waals surface area (Å²) in [5, 5.41) is 3.53. The first kappa shape index (κ1) is 29.7. The Kier molecular flexibility index (Phi) is 9.12. The van der Waals surface area contributed by atoms with Crippen molar-refractivity contribution in [1.82, 2.24) is 14.1 Å². The van der Waals surface area contributed by atoms with Gasteiger partial charge in [0.2, 0.25) is 10.0 Å². The molecule has 41 heavy (non-hydrogen) atoms. The van der Waals surface area contributed by atoms with Crippen LogP contribution in [0.3, 0.4) is 0 Å². The molecule has 0 radical (unpaired) electrons. The van der Waals surface area contributed by atoms with Crippen LogP contribution >= 0.6 is 11.3 Å². The number of likely N-dealkylation sites (tertiary alicyclic amines) is 1. The Hall–Kier alpha value is -2.80. The molecule has 1 atom stereocenters. The number of esters is 1. The normalized spacial score (nSPS) is 20.3. The van der Waals surface area contributed by atoms with E-state index in [9.17, 15) is 22.8 Å². The van der Waals surface area contributed by atoms with E-state index in [0.717, 1.165) is 62.3 Å². The van der Waals surface area contributed by atoms with E-state index in [0.29, 0.717) is 35.5 Å². The number of anilines is 1. The molecular formula is C29H38N4O6S2. The smallest absolute Gasteiger partial charge is 0.310 e. The highest BCUT2D eigenvalue weighted by Gasteiger charge is 2.34. The van der Waals surface area contributed by atoms with Crippen molar-refractivity contribution in [2.24, 2.45) is 5.92 Å². The van der Waals surface area contributed by atoms with Crippen LogP contribution in [-0.2, 0) is 32.5 Å². The molecule has 12 heteroatoms. The van der Waals surface area contributed by atoms with Gasteiger partial charge in [-0.05, 0) is 82.3 Å². The summed E-state index contributed by atoms with van der Waals surface area (Å²) in [5.41, 5.74) is 1.93. The predicted octanol–water partition coefficient (Wildman–Crippen LogP) is 3.58. The van der Waals surface area contributed by atoms with E-state index in [-0.39, 0.29) is 29.9 Å². The first-order valence-corrected chi connectivity index (χ1v) is 16.6. The number of carbonyl (C=O) groups is 3. The van der Waals surface area contributed by atoms with Gasteiger partial charge in [-0.1, -0.05) is 0 Å². The van der Waals surface area contributed by atoms with Crippen molar-refractivity contribution >= 4 is 44.1 Å². The third kappa shape index (κ3) is 6.35. The van der Waals surface area contributed by atoms with Crippen molar-refractivity contribution in [2.45, 2.75) is 56.9 Å². The highest BCUT2D eigenvalue weighted by molar-refractivity contribution is 7.89. The SMILES string of the molecule is CCOC(=O)C1CCCN(S(=O)(=O)c2ccc(C(=O)Nc3sc4c(c3C(=O)N3CCCCC3)CCN(C)C4)cc2)C1. The van der Waals surface area contributed by atoms with Crippen molar-refractivity contribution in [3.63, 3.8) is 0 Å². The van der Waals surface area contributed by atoms with Crippen LogP contribution in [0.5, 0.6) is 0 Å². The molecule has 3 aliphatic rings. The van der Waals surface area contributed by atoms with Gasteiger partial charge in [-0.25, -0.2) is 8.42 Å². The van der Waals surface area contributed by atoms with Gasteiger partial charge in [0.05, 0.1) is 23.0 Å². The molecule has 1 aromatic carbocycles. The zero-order valence-corrected chi connectivity index (χ0v) is 25.3. The number of likely N-dealkylation sites (N-methyl/N-ethyl adjacent to an activating group) is 1. The summed E-state index contributed by atoms with van der Waals surface area (Å²) in [4.78, 5) is 44.4. The number of sulfonamides is 1. The lowest BCUT2D eigenvalue weighted by Crippen LogP contribution is -2.42. The van der Waals surface area contributed by atoms with Crippen molar-refractivity contribution in [1.29, 1.82) is 0 Å². The standard InChI is InChI=1S/C29H38N4O6S2/c1-3-39-29(36)21-8-7-16-33(18-21)41(37,38)22-11-9-20(10-12-22)26(34)30-27-25(28(35)32-14-5-4-6-15-32)23-13-17-31(2)19-24(23)40-27/h9-12,21H,3-8,13-19H2,1-2H3,(H,30,34). The fourth-order valence-corrected chi connectivity index (χ4v) is 8.66. The number of carbonyl (C=O) groups excluding carboxylic acids is 3. The third-order valence-electron chi connectivity index (χ3n) is 8.09. The number of thiophene rings is 1. The van der Waals surface area contributed by atoms with Gasteiger partial charge >= 0.3 is 5.97 Å². The highest BCUT2D eigenvalue weighted by atomic mass is 32.2. The molecule has 10 nitrogen and oxygen atoms in total. The first-order chi connectivity index (χ1) is 19.7. The molecular weight excluding hydrogens is 564 g/mol. The molecule has 1 aromatic heterocycles. The van der Waals surface area contributed by atoms with Crippen LogP contribution in [0.4, 0.5) is 5.00 Å². The Bertz CT molecular complexity index is 1400. The van der Waals surface area contributed by atoms with E-state index in [2.05, 4.69) is 10.2 Å². The average Bonchev–Trinajstić information content (AvgIpc) is 3.34. The largest absolute Gasteiger partial charge is 0.466 e. The van der Waals surface area contributed by atoms with Crippen LogP contribution in [0.25, 0.3) is 0 Å². The second-order valence-electron chi connectivity index (χ2n) is 11.0. The minimum Gasteiger partial charge on any atom is -0.466 e. The summed E-state index contributed by atoms with van der Waals surface area (Å²) in [6.45, 7) is 5.42. The Balaban J connectivity index is 1.33. The van der Waals surface area contributed by atoms with Gasteiger partial charge in [0, 0.05) is 49.7 Å². The van der Waals surface area contributed by atoms with Crippen LogP contribution in [-0.4, -0.2) is 86.7 Å². The van der Waals surface area contributed by atoms with E-state index in [4.69, 9.17) is 4.74 Å². The van der Waals surface area contributed by atoms with E-state index in [1.165, 1.54) is 39.9 Å². The predicted molar refractivity (Wildman–Crippen MR) is 157 cm³/mol. The van der Waals surface area contributed by atoms with Crippen molar-refractivity contribution in [3.8, 4) is 0 Å². The van der Waals surface area contributed by atoms with Crippen molar-refractivity contribution < 1.29 is 27.5 Å². The molecule has 2 aromatic rings. The second-order valence-corrected chi connectivity index (χ2v) is 14.0. The zero-order chi connectivity index (χ0) is 29.1. The van der Waals surface area contributed by atoms with Gasteiger partial charge in [0.1, 0.15) is 5.00 Å². The van der Waals surface area contributed by atoms with Crippen LogP contribution in [0.15, 0.2) is 29.2 Å². The molecule has 4 heterocycles. The fraction of sp³-hybridized carbons (Fsp3) is 0.552. The van der Waals surface area contributed by atoms with Crippen LogP contribution in [0.2, 0.25) is 0 Å². The van der Waals surface area contributed by atoms with Gasteiger partial charge in [-0.15, -0.1) is 11.3 Å². The lowest BCUT2D eigenvalue weighted by atomic mass is 10.0. The van der Waals surface area contributed by atoms with E-state index in [1.54, 1.807) is 6.92 Å².